The van der Waals surface area contributed by atoms with Gasteiger partial charge in [0.25, 0.3) is 5.56 Å². The molecular weight excluding hydrogens is 534 g/mol. The number of H-pyrrole nitrogens is 1. The van der Waals surface area contributed by atoms with Gasteiger partial charge in [-0.05, 0) is 37.7 Å². The third-order valence-corrected chi connectivity index (χ3v) is 7.69. The van der Waals surface area contributed by atoms with Gasteiger partial charge in [-0.2, -0.15) is 17.5 Å². The van der Waals surface area contributed by atoms with Crippen LogP contribution in [0.1, 0.15) is 16.8 Å². The molecule has 1 aliphatic heterocycles. The van der Waals surface area contributed by atoms with Crippen molar-refractivity contribution in [2.24, 2.45) is 0 Å². The first kappa shape index (κ1) is 29.0. The molecule has 1 aromatic carbocycles. The molecule has 2 N–H and O–H groups in total. The molecule has 4 rings (SSSR count). The zero-order valence-corrected chi connectivity index (χ0v) is 21.2. The third kappa shape index (κ3) is 6.65. The predicted octanol–water partition coefficient (Wildman–Crippen LogP) is 2.17. The summed E-state index contributed by atoms with van der Waals surface area (Å²) in [6, 6.07) is 9.27. The molecule has 0 amide bonds. The van der Waals surface area contributed by atoms with E-state index >= 15 is 0 Å². The molecule has 3 aromatic rings. The van der Waals surface area contributed by atoms with Crippen molar-refractivity contribution in [3.63, 3.8) is 0 Å². The molecule has 0 aliphatic carbocycles. The van der Waals surface area contributed by atoms with Crippen molar-refractivity contribution in [2.45, 2.75) is 24.4 Å². The van der Waals surface area contributed by atoms with Gasteiger partial charge in [0.05, 0.1) is 0 Å². The van der Waals surface area contributed by atoms with Gasteiger partial charge in [-0.15, -0.1) is 0 Å². The van der Waals surface area contributed by atoms with Crippen LogP contribution in [0, 0.1) is 12.7 Å². The molecule has 206 valence electrons. The van der Waals surface area contributed by atoms with E-state index in [1.54, 1.807) is 25.1 Å². The van der Waals surface area contributed by atoms with Crippen LogP contribution in [0.4, 0.5) is 17.6 Å². The quantitative estimate of drug-likeness (QED) is 0.459. The number of aryl methyl sites for hydroxylation is 1. The largest absolute Gasteiger partial charge is 0.490 e. The molecule has 0 saturated carbocycles. The molecule has 0 bridgehead atoms. The number of nitrogens with zero attached hydrogens (tertiary/aromatic N) is 4. The maximum absolute atomic E-state index is 14.0. The highest BCUT2D eigenvalue weighted by molar-refractivity contribution is 7.89. The van der Waals surface area contributed by atoms with Gasteiger partial charge in [0.15, 0.2) is 5.82 Å². The number of carbonyl (C=O) groups is 1. The topological polar surface area (TPSA) is 129 Å². The lowest BCUT2D eigenvalue weighted by molar-refractivity contribution is -0.192. The third-order valence-electron chi connectivity index (χ3n) is 5.81. The fraction of sp³-hybridized carbons (Fsp3) is 0.348. The number of nitrogens with one attached hydrogen (secondary N) is 1. The Hall–Kier alpha value is -3.56. The van der Waals surface area contributed by atoms with Crippen LogP contribution in [0.5, 0.6) is 0 Å². The summed E-state index contributed by atoms with van der Waals surface area (Å²) in [5.41, 5.74) is 1.11. The Kier molecular flexibility index (Phi) is 8.74. The molecular formula is C23H25F4N5O5S. The van der Waals surface area contributed by atoms with Gasteiger partial charge in [0, 0.05) is 50.1 Å². The Morgan fingerprint density at radius 1 is 1.11 bits per heavy atom. The summed E-state index contributed by atoms with van der Waals surface area (Å²) in [4.78, 5) is 28.2. The van der Waals surface area contributed by atoms with E-state index in [0.29, 0.717) is 43.0 Å². The van der Waals surface area contributed by atoms with E-state index in [2.05, 4.69) is 15.0 Å². The number of pyridine rings is 1. The fourth-order valence-corrected chi connectivity index (χ4v) is 4.99. The number of aromatic amines is 1. The summed E-state index contributed by atoms with van der Waals surface area (Å²) in [6.07, 6.45) is -3.67. The SMILES string of the molecule is Cc1[nH]n(-c2ccc(S(=O)(=O)N3CCN(C)CC3)cn2)c(=O)c1Cc1ccccc1F.O=C(O)C(F)(F)F. The monoisotopic (exact) mass is 559 g/mol. The van der Waals surface area contributed by atoms with Crippen molar-refractivity contribution in [2.75, 3.05) is 33.2 Å². The number of carboxylic acids is 1. The van der Waals surface area contributed by atoms with Gasteiger partial charge >= 0.3 is 12.1 Å². The Balaban J connectivity index is 0.000000505. The van der Waals surface area contributed by atoms with Gasteiger partial charge in [-0.25, -0.2) is 27.3 Å². The summed E-state index contributed by atoms with van der Waals surface area (Å²) in [5.74, 6) is -2.86. The number of aromatic nitrogens is 3. The molecule has 1 saturated heterocycles. The normalized spacial score (nSPS) is 15.1. The maximum Gasteiger partial charge on any atom is 0.490 e. The van der Waals surface area contributed by atoms with E-state index in [4.69, 9.17) is 9.90 Å². The number of hydrogen-bond donors (Lipinski definition) is 2. The molecule has 2 aromatic heterocycles. The van der Waals surface area contributed by atoms with Crippen LogP contribution in [0.2, 0.25) is 0 Å². The highest BCUT2D eigenvalue weighted by Crippen LogP contribution is 2.18. The van der Waals surface area contributed by atoms with Gasteiger partial charge in [-0.1, -0.05) is 18.2 Å². The van der Waals surface area contributed by atoms with Crippen molar-refractivity contribution in [3.8, 4) is 5.82 Å². The van der Waals surface area contributed by atoms with E-state index in [9.17, 15) is 30.8 Å². The highest BCUT2D eigenvalue weighted by Gasteiger charge is 2.38. The molecule has 1 fully saturated rings. The second-order valence-electron chi connectivity index (χ2n) is 8.49. The Morgan fingerprint density at radius 3 is 2.24 bits per heavy atom. The maximum atomic E-state index is 14.0. The number of likely N-dealkylation sites (N-methyl/N-ethyl adjacent to an activating group) is 1. The minimum Gasteiger partial charge on any atom is -0.475 e. The van der Waals surface area contributed by atoms with Crippen LogP contribution < -0.4 is 5.56 Å². The number of benzene rings is 1. The zero-order valence-electron chi connectivity index (χ0n) is 20.4. The lowest BCUT2D eigenvalue weighted by Gasteiger charge is -2.31. The lowest BCUT2D eigenvalue weighted by atomic mass is 10.1. The lowest BCUT2D eigenvalue weighted by Crippen LogP contribution is -2.47. The summed E-state index contributed by atoms with van der Waals surface area (Å²) < 4.78 is 74.1. The van der Waals surface area contributed by atoms with Gasteiger partial charge in [0.2, 0.25) is 10.0 Å². The van der Waals surface area contributed by atoms with E-state index < -0.39 is 22.2 Å². The number of piperazine rings is 1. The van der Waals surface area contributed by atoms with Crippen LogP contribution in [0.15, 0.2) is 52.3 Å². The molecule has 0 spiro atoms. The van der Waals surface area contributed by atoms with E-state index in [-0.39, 0.29) is 28.5 Å². The first-order valence-corrected chi connectivity index (χ1v) is 12.6. The van der Waals surface area contributed by atoms with Crippen molar-refractivity contribution in [1.29, 1.82) is 0 Å². The van der Waals surface area contributed by atoms with Gasteiger partial charge < -0.3 is 10.0 Å². The van der Waals surface area contributed by atoms with Crippen LogP contribution in [0.3, 0.4) is 0 Å². The van der Waals surface area contributed by atoms with E-state index in [0.717, 1.165) is 0 Å². The number of aliphatic carboxylic acids is 1. The second kappa shape index (κ2) is 11.4. The Labute approximate surface area is 215 Å². The minimum absolute atomic E-state index is 0.0868. The molecule has 38 heavy (non-hydrogen) atoms. The molecule has 10 nitrogen and oxygen atoms in total. The molecule has 3 heterocycles. The first-order chi connectivity index (χ1) is 17.7. The molecule has 1 aliphatic rings. The van der Waals surface area contributed by atoms with Crippen LogP contribution in [0.25, 0.3) is 5.82 Å². The summed E-state index contributed by atoms with van der Waals surface area (Å²) >= 11 is 0. The van der Waals surface area contributed by atoms with E-state index in [1.165, 1.54) is 33.4 Å². The number of carboxylic acid groups (broad SMARTS) is 1. The predicted molar refractivity (Wildman–Crippen MR) is 128 cm³/mol. The average Bonchev–Trinajstić information content (AvgIpc) is 3.14. The van der Waals surface area contributed by atoms with Gasteiger partial charge in [-0.3, -0.25) is 9.89 Å². The van der Waals surface area contributed by atoms with Crippen LogP contribution in [-0.4, -0.2) is 82.9 Å². The molecule has 0 radical (unpaired) electrons. The number of sulfonamides is 1. The highest BCUT2D eigenvalue weighted by atomic mass is 32.2. The smallest absolute Gasteiger partial charge is 0.475 e. The van der Waals surface area contributed by atoms with Crippen molar-refractivity contribution in [3.05, 3.63) is 75.6 Å². The summed E-state index contributed by atoms with van der Waals surface area (Å²) in [5, 5.41) is 10.1. The molecule has 0 unspecified atom stereocenters. The first-order valence-electron chi connectivity index (χ1n) is 11.2. The van der Waals surface area contributed by atoms with Crippen LogP contribution >= 0.6 is 0 Å². The number of hydrogen-bond acceptors (Lipinski definition) is 6. The van der Waals surface area contributed by atoms with E-state index in [1.807, 2.05) is 7.05 Å². The van der Waals surface area contributed by atoms with Crippen LogP contribution in [-0.2, 0) is 21.2 Å². The molecule has 15 heteroatoms. The minimum atomic E-state index is -5.08. The number of halogens is 4. The average molecular weight is 560 g/mol. The summed E-state index contributed by atoms with van der Waals surface area (Å²) in [6.45, 7) is 3.93. The van der Waals surface area contributed by atoms with Crippen molar-refractivity contribution >= 4 is 16.0 Å². The fourth-order valence-electron chi connectivity index (χ4n) is 3.62. The number of rotatable bonds is 5. The second-order valence-corrected chi connectivity index (χ2v) is 10.4. The summed E-state index contributed by atoms with van der Waals surface area (Å²) in [7, 11) is -1.68. The Bertz CT molecular complexity index is 1440. The molecule has 0 atom stereocenters. The standard InChI is InChI=1S/C21H24FN5O3S.C2HF3O2/c1-15-18(13-16-5-3-4-6-19(16)22)21(28)27(24-15)20-8-7-17(14-23-20)31(29,30)26-11-9-25(2)10-12-26;3-2(4,5)1(6)7/h3-8,14,24H,9-13H2,1-2H3;(H,6,7). The number of alkyl halides is 3. The van der Waals surface area contributed by atoms with Crippen molar-refractivity contribution in [1.82, 2.24) is 24.0 Å². The van der Waals surface area contributed by atoms with Crippen molar-refractivity contribution < 1.29 is 35.9 Å². The van der Waals surface area contributed by atoms with Gasteiger partial charge in [0.1, 0.15) is 10.7 Å². The zero-order chi connectivity index (χ0) is 28.3. The Morgan fingerprint density at radius 2 is 1.71 bits per heavy atom.